The highest BCUT2D eigenvalue weighted by Crippen LogP contribution is 2.45. The van der Waals surface area contributed by atoms with E-state index in [9.17, 15) is 4.39 Å². The first kappa shape index (κ1) is 11.0. The number of rotatable bonds is 2. The lowest BCUT2D eigenvalue weighted by Gasteiger charge is -2.30. The summed E-state index contributed by atoms with van der Waals surface area (Å²) in [5.74, 6) is 0.967. The van der Waals surface area contributed by atoms with Gasteiger partial charge in [-0.15, -0.1) is 0 Å². The zero-order valence-electron chi connectivity index (χ0n) is 8.87. The molecule has 0 spiro atoms. The monoisotopic (exact) mass is 225 g/mol. The molecule has 1 aromatic carbocycles. The molecule has 1 aliphatic heterocycles. The van der Waals surface area contributed by atoms with Crippen molar-refractivity contribution in [3.63, 3.8) is 0 Å². The van der Waals surface area contributed by atoms with E-state index in [1.54, 1.807) is 12.1 Å². The van der Waals surface area contributed by atoms with Crippen molar-refractivity contribution in [3.8, 4) is 0 Å². The topological polar surface area (TPSA) is 26.0 Å². The molecule has 1 aromatic rings. The lowest BCUT2D eigenvalue weighted by Crippen LogP contribution is -2.33. The molecule has 1 heterocycles. The van der Waals surface area contributed by atoms with Crippen LogP contribution in [0.5, 0.6) is 0 Å². The van der Waals surface area contributed by atoms with E-state index >= 15 is 0 Å². The minimum absolute atomic E-state index is 0.0688. The third-order valence-corrected chi connectivity index (χ3v) is 4.73. The summed E-state index contributed by atoms with van der Waals surface area (Å²) in [6.07, 6.45) is 2.33. The van der Waals surface area contributed by atoms with Crippen LogP contribution in [0, 0.1) is 5.82 Å². The number of benzene rings is 1. The molecule has 82 valence electrons. The molecule has 1 nitrogen and oxygen atoms in total. The molecule has 0 radical (unpaired) electrons. The van der Waals surface area contributed by atoms with Gasteiger partial charge in [-0.3, -0.25) is 0 Å². The fraction of sp³-hybridized carbons (Fsp3) is 0.500. The molecule has 1 fully saturated rings. The Morgan fingerprint density at radius 1 is 1.53 bits per heavy atom. The molecule has 0 saturated carbocycles. The third kappa shape index (κ3) is 2.18. The lowest BCUT2D eigenvalue weighted by atomic mass is 9.91. The van der Waals surface area contributed by atoms with Crippen LogP contribution in [0.4, 0.5) is 4.39 Å². The SMILES string of the molecule is CC1(C(N)c2cccc(F)c2)CCCS1. The number of hydrogen-bond acceptors (Lipinski definition) is 2. The van der Waals surface area contributed by atoms with Gasteiger partial charge in [0.25, 0.3) is 0 Å². The predicted octanol–water partition coefficient (Wildman–Crippen LogP) is 3.11. The van der Waals surface area contributed by atoms with Crippen LogP contribution in [0.15, 0.2) is 24.3 Å². The zero-order chi connectivity index (χ0) is 10.9. The Labute approximate surface area is 94.2 Å². The van der Waals surface area contributed by atoms with Crippen molar-refractivity contribution < 1.29 is 4.39 Å². The second-order valence-electron chi connectivity index (χ2n) is 4.30. The van der Waals surface area contributed by atoms with Gasteiger partial charge >= 0.3 is 0 Å². The van der Waals surface area contributed by atoms with Crippen molar-refractivity contribution >= 4 is 11.8 Å². The van der Waals surface area contributed by atoms with Crippen LogP contribution < -0.4 is 5.73 Å². The highest BCUT2D eigenvalue weighted by molar-refractivity contribution is 8.00. The first-order chi connectivity index (χ1) is 7.12. The second kappa shape index (κ2) is 4.14. The van der Waals surface area contributed by atoms with Gasteiger partial charge < -0.3 is 5.73 Å². The zero-order valence-corrected chi connectivity index (χ0v) is 9.69. The molecular formula is C12H16FNS. The Morgan fingerprint density at radius 3 is 2.93 bits per heavy atom. The van der Waals surface area contributed by atoms with Crippen LogP contribution in [-0.4, -0.2) is 10.5 Å². The minimum atomic E-state index is -0.199. The van der Waals surface area contributed by atoms with Gasteiger partial charge in [0.05, 0.1) is 0 Å². The van der Waals surface area contributed by atoms with Gasteiger partial charge in [-0.2, -0.15) is 11.8 Å². The van der Waals surface area contributed by atoms with Crippen molar-refractivity contribution in [3.05, 3.63) is 35.6 Å². The maximum atomic E-state index is 13.1. The second-order valence-corrected chi connectivity index (χ2v) is 5.93. The normalized spacial score (nSPS) is 27.9. The van der Waals surface area contributed by atoms with Crippen molar-refractivity contribution in [1.82, 2.24) is 0 Å². The quantitative estimate of drug-likeness (QED) is 0.837. The van der Waals surface area contributed by atoms with Crippen LogP contribution in [0.3, 0.4) is 0 Å². The summed E-state index contributed by atoms with van der Waals surface area (Å²) < 4.78 is 13.2. The average Bonchev–Trinajstić information content (AvgIpc) is 2.65. The maximum Gasteiger partial charge on any atom is 0.123 e. The maximum absolute atomic E-state index is 13.1. The molecule has 2 atom stereocenters. The fourth-order valence-corrected chi connectivity index (χ4v) is 3.46. The van der Waals surface area contributed by atoms with Crippen LogP contribution in [0.1, 0.15) is 31.4 Å². The Hall–Kier alpha value is -0.540. The van der Waals surface area contributed by atoms with Gasteiger partial charge in [0, 0.05) is 10.8 Å². The van der Waals surface area contributed by atoms with Gasteiger partial charge in [-0.05, 0) is 43.2 Å². The van der Waals surface area contributed by atoms with Gasteiger partial charge in [0.15, 0.2) is 0 Å². The van der Waals surface area contributed by atoms with E-state index in [2.05, 4.69) is 6.92 Å². The van der Waals surface area contributed by atoms with Crippen molar-refractivity contribution in [1.29, 1.82) is 0 Å². The van der Waals surface area contributed by atoms with Crippen LogP contribution in [-0.2, 0) is 0 Å². The van der Waals surface area contributed by atoms with Gasteiger partial charge in [0.2, 0.25) is 0 Å². The molecule has 2 unspecified atom stereocenters. The summed E-state index contributed by atoms with van der Waals surface area (Å²) in [6.45, 7) is 2.18. The van der Waals surface area contributed by atoms with Crippen LogP contribution >= 0.6 is 11.8 Å². The van der Waals surface area contributed by atoms with E-state index < -0.39 is 0 Å². The van der Waals surface area contributed by atoms with Crippen molar-refractivity contribution in [2.75, 3.05) is 5.75 Å². The predicted molar refractivity (Wildman–Crippen MR) is 63.4 cm³/mol. The number of hydrogen-bond donors (Lipinski definition) is 1. The van der Waals surface area contributed by atoms with E-state index in [4.69, 9.17) is 5.73 Å². The van der Waals surface area contributed by atoms with Gasteiger partial charge in [-0.25, -0.2) is 4.39 Å². The molecule has 3 heteroatoms. The Kier molecular flexibility index (Phi) is 3.03. The molecule has 0 aromatic heterocycles. The van der Waals surface area contributed by atoms with E-state index in [1.165, 1.54) is 18.2 Å². The Bertz CT molecular complexity index is 347. The highest BCUT2D eigenvalue weighted by atomic mass is 32.2. The smallest absolute Gasteiger partial charge is 0.123 e. The lowest BCUT2D eigenvalue weighted by molar-refractivity contribution is 0.499. The molecule has 0 aliphatic carbocycles. The van der Waals surface area contributed by atoms with E-state index in [1.807, 2.05) is 17.8 Å². The first-order valence-corrected chi connectivity index (χ1v) is 6.25. The first-order valence-electron chi connectivity index (χ1n) is 5.27. The number of nitrogens with two attached hydrogens (primary N) is 1. The van der Waals surface area contributed by atoms with Crippen LogP contribution in [0.25, 0.3) is 0 Å². The Morgan fingerprint density at radius 2 is 2.33 bits per heavy atom. The molecule has 0 bridgehead atoms. The third-order valence-electron chi connectivity index (χ3n) is 3.11. The highest BCUT2D eigenvalue weighted by Gasteiger charge is 2.36. The summed E-state index contributed by atoms with van der Waals surface area (Å²) in [7, 11) is 0. The summed E-state index contributed by atoms with van der Waals surface area (Å²) in [4.78, 5) is 0. The summed E-state index contributed by atoms with van der Waals surface area (Å²) in [5.41, 5.74) is 7.13. The average molecular weight is 225 g/mol. The number of thioether (sulfide) groups is 1. The Balaban J connectivity index is 2.23. The van der Waals surface area contributed by atoms with Crippen molar-refractivity contribution in [2.24, 2.45) is 5.73 Å². The largest absolute Gasteiger partial charge is 0.323 e. The molecule has 0 amide bonds. The summed E-state index contributed by atoms with van der Waals surface area (Å²) in [6, 6.07) is 6.58. The van der Waals surface area contributed by atoms with Gasteiger partial charge in [-0.1, -0.05) is 12.1 Å². The van der Waals surface area contributed by atoms with Crippen molar-refractivity contribution in [2.45, 2.75) is 30.6 Å². The fourth-order valence-electron chi connectivity index (χ4n) is 2.10. The van der Waals surface area contributed by atoms with E-state index in [0.717, 1.165) is 12.0 Å². The van der Waals surface area contributed by atoms with E-state index in [0.29, 0.717) is 0 Å². The van der Waals surface area contributed by atoms with Gasteiger partial charge in [0.1, 0.15) is 5.82 Å². The van der Waals surface area contributed by atoms with E-state index in [-0.39, 0.29) is 16.6 Å². The number of halogens is 1. The molecule has 2 N–H and O–H groups in total. The standard InChI is InChI=1S/C12H16FNS/c1-12(6-3-7-15-12)11(14)9-4-2-5-10(13)8-9/h2,4-5,8,11H,3,6-7,14H2,1H3. The summed E-state index contributed by atoms with van der Waals surface area (Å²) >= 11 is 1.91. The molecule has 15 heavy (non-hydrogen) atoms. The van der Waals surface area contributed by atoms with Crippen LogP contribution in [0.2, 0.25) is 0 Å². The molecule has 1 saturated heterocycles. The molecular weight excluding hydrogens is 209 g/mol. The molecule has 2 rings (SSSR count). The minimum Gasteiger partial charge on any atom is -0.323 e. The summed E-state index contributed by atoms with van der Waals surface area (Å²) in [5, 5.41) is 0. The molecule has 1 aliphatic rings.